The molecule has 0 aromatic rings. The molecule has 2 fully saturated rings. The highest BCUT2D eigenvalue weighted by molar-refractivity contribution is 7.91. The van der Waals surface area contributed by atoms with E-state index in [9.17, 15) is 18.0 Å². The quantitative estimate of drug-likeness (QED) is 0.591. The van der Waals surface area contributed by atoms with Gasteiger partial charge in [-0.3, -0.25) is 9.59 Å². The first-order chi connectivity index (χ1) is 10.7. The molecule has 2 rings (SSSR count). The number of carbonyl (C=O) groups is 2. The van der Waals surface area contributed by atoms with E-state index in [0.29, 0.717) is 6.42 Å². The lowest BCUT2D eigenvalue weighted by atomic mass is 9.89. The molecule has 2 aliphatic rings. The molecule has 7 heteroatoms. The average molecular weight is 344 g/mol. The van der Waals surface area contributed by atoms with Crippen molar-refractivity contribution in [1.29, 1.82) is 0 Å². The van der Waals surface area contributed by atoms with Gasteiger partial charge in [0.2, 0.25) is 11.8 Å². The molecule has 0 aromatic carbocycles. The van der Waals surface area contributed by atoms with E-state index < -0.39 is 21.2 Å². The predicted molar refractivity (Wildman–Crippen MR) is 88.6 cm³/mol. The van der Waals surface area contributed by atoms with Crippen molar-refractivity contribution >= 4 is 21.7 Å². The predicted octanol–water partition coefficient (Wildman–Crippen LogP) is 1.15. The van der Waals surface area contributed by atoms with E-state index in [1.807, 2.05) is 0 Å². The lowest BCUT2D eigenvalue weighted by Gasteiger charge is -2.27. The van der Waals surface area contributed by atoms with Gasteiger partial charge in [0.15, 0.2) is 9.84 Å². The first-order valence-electron chi connectivity index (χ1n) is 8.53. The van der Waals surface area contributed by atoms with Crippen LogP contribution in [0.4, 0.5) is 0 Å². The Hall–Kier alpha value is -1.11. The summed E-state index contributed by atoms with van der Waals surface area (Å²) in [7, 11) is -3.05. The third-order valence-electron chi connectivity index (χ3n) is 4.89. The van der Waals surface area contributed by atoms with E-state index in [2.05, 4.69) is 10.6 Å². The highest BCUT2D eigenvalue weighted by Gasteiger charge is 2.39. The van der Waals surface area contributed by atoms with Crippen LogP contribution in [-0.2, 0) is 19.4 Å². The van der Waals surface area contributed by atoms with Crippen molar-refractivity contribution in [2.24, 2.45) is 5.41 Å². The van der Waals surface area contributed by atoms with Crippen molar-refractivity contribution < 1.29 is 18.0 Å². The van der Waals surface area contributed by atoms with Gasteiger partial charge in [0.1, 0.15) is 5.41 Å². The maximum absolute atomic E-state index is 12.5. The topological polar surface area (TPSA) is 92.3 Å². The largest absolute Gasteiger partial charge is 0.352 e. The van der Waals surface area contributed by atoms with Gasteiger partial charge in [-0.1, -0.05) is 25.7 Å². The van der Waals surface area contributed by atoms with Crippen molar-refractivity contribution in [2.75, 3.05) is 11.5 Å². The minimum atomic E-state index is -3.05. The molecule has 1 saturated heterocycles. The Labute approximate surface area is 138 Å². The van der Waals surface area contributed by atoms with Gasteiger partial charge < -0.3 is 10.6 Å². The molecule has 1 saturated carbocycles. The van der Waals surface area contributed by atoms with E-state index in [1.165, 1.54) is 12.8 Å². The summed E-state index contributed by atoms with van der Waals surface area (Å²) < 4.78 is 22.9. The number of rotatable bonds is 4. The zero-order chi connectivity index (χ0) is 17.1. The van der Waals surface area contributed by atoms with Crippen molar-refractivity contribution in [2.45, 2.75) is 70.9 Å². The number of hydrogen-bond donors (Lipinski definition) is 2. The minimum Gasteiger partial charge on any atom is -0.352 e. The molecular formula is C16H28N2O4S. The van der Waals surface area contributed by atoms with Crippen LogP contribution in [0.15, 0.2) is 0 Å². The van der Waals surface area contributed by atoms with Crippen LogP contribution in [0.3, 0.4) is 0 Å². The lowest BCUT2D eigenvalue weighted by molar-refractivity contribution is -0.142. The monoisotopic (exact) mass is 344 g/mol. The summed E-state index contributed by atoms with van der Waals surface area (Å²) in [6.45, 7) is 3.19. The van der Waals surface area contributed by atoms with Crippen LogP contribution < -0.4 is 10.6 Å². The Balaban J connectivity index is 1.90. The summed E-state index contributed by atoms with van der Waals surface area (Å²) in [5, 5.41) is 5.73. The Morgan fingerprint density at radius 3 is 1.87 bits per heavy atom. The van der Waals surface area contributed by atoms with Crippen molar-refractivity contribution in [3.8, 4) is 0 Å². The molecule has 2 N–H and O–H groups in total. The van der Waals surface area contributed by atoms with E-state index >= 15 is 0 Å². The first kappa shape index (κ1) is 18.2. The lowest BCUT2D eigenvalue weighted by Crippen LogP contribution is -2.52. The maximum Gasteiger partial charge on any atom is 0.235 e. The van der Waals surface area contributed by atoms with Crippen molar-refractivity contribution in [3.63, 3.8) is 0 Å². The Kier molecular flexibility index (Phi) is 5.70. The second-order valence-corrected chi connectivity index (χ2v) is 9.59. The summed E-state index contributed by atoms with van der Waals surface area (Å²) in [5.74, 6) is -0.598. The van der Waals surface area contributed by atoms with Gasteiger partial charge in [-0.05, 0) is 33.1 Å². The summed E-state index contributed by atoms with van der Waals surface area (Å²) in [6.07, 6.45) is 6.97. The molecule has 1 heterocycles. The zero-order valence-corrected chi connectivity index (χ0v) is 14.9. The fourth-order valence-corrected chi connectivity index (χ4v) is 4.84. The molecule has 23 heavy (non-hydrogen) atoms. The van der Waals surface area contributed by atoms with Gasteiger partial charge in [0, 0.05) is 12.1 Å². The number of nitrogens with one attached hydrogen (secondary N) is 2. The van der Waals surface area contributed by atoms with Gasteiger partial charge >= 0.3 is 0 Å². The minimum absolute atomic E-state index is 0.0287. The molecular weight excluding hydrogens is 316 g/mol. The molecule has 0 bridgehead atoms. The van der Waals surface area contributed by atoms with Gasteiger partial charge in [-0.25, -0.2) is 8.42 Å². The molecule has 132 valence electrons. The summed E-state index contributed by atoms with van der Waals surface area (Å²) in [5.41, 5.74) is -1.20. The first-order valence-corrected chi connectivity index (χ1v) is 10.4. The van der Waals surface area contributed by atoms with Crippen LogP contribution in [0.5, 0.6) is 0 Å². The van der Waals surface area contributed by atoms with Crippen molar-refractivity contribution in [1.82, 2.24) is 10.6 Å². The Bertz CT molecular complexity index is 548. The van der Waals surface area contributed by atoms with E-state index in [0.717, 1.165) is 25.7 Å². The smallest absolute Gasteiger partial charge is 0.235 e. The van der Waals surface area contributed by atoms with E-state index in [4.69, 9.17) is 0 Å². The van der Waals surface area contributed by atoms with Crippen LogP contribution in [0, 0.1) is 5.41 Å². The molecule has 0 spiro atoms. The van der Waals surface area contributed by atoms with Crippen LogP contribution in [0.25, 0.3) is 0 Å². The molecule has 1 aliphatic carbocycles. The molecule has 0 aromatic heterocycles. The maximum atomic E-state index is 12.5. The molecule has 1 aliphatic heterocycles. The van der Waals surface area contributed by atoms with Gasteiger partial charge in [0.25, 0.3) is 0 Å². The SMILES string of the molecule is CC(C)(C(=O)NC1CCCCCC1)C(=O)NC1CCS(=O)(=O)C1. The van der Waals surface area contributed by atoms with Crippen LogP contribution in [0.1, 0.15) is 58.8 Å². The third-order valence-corrected chi connectivity index (χ3v) is 6.66. The summed E-state index contributed by atoms with van der Waals surface area (Å²) >= 11 is 0. The number of sulfone groups is 1. The van der Waals surface area contributed by atoms with Crippen molar-refractivity contribution in [3.05, 3.63) is 0 Å². The van der Waals surface area contributed by atoms with E-state index in [1.54, 1.807) is 13.8 Å². The highest BCUT2D eigenvalue weighted by atomic mass is 32.2. The zero-order valence-electron chi connectivity index (χ0n) is 14.1. The fraction of sp³-hybridized carbons (Fsp3) is 0.875. The number of hydrogen-bond acceptors (Lipinski definition) is 4. The molecule has 1 atom stereocenters. The second kappa shape index (κ2) is 7.20. The third kappa shape index (κ3) is 4.93. The number of amides is 2. The molecule has 1 unspecified atom stereocenters. The summed E-state index contributed by atoms with van der Waals surface area (Å²) in [4.78, 5) is 24.9. The van der Waals surface area contributed by atoms with Gasteiger partial charge in [0.05, 0.1) is 11.5 Å². The molecule has 6 nitrogen and oxygen atoms in total. The van der Waals surface area contributed by atoms with Crippen LogP contribution in [0.2, 0.25) is 0 Å². The Morgan fingerprint density at radius 1 is 0.870 bits per heavy atom. The van der Waals surface area contributed by atoms with Crippen LogP contribution >= 0.6 is 0 Å². The normalized spacial score (nSPS) is 25.6. The second-order valence-electron chi connectivity index (χ2n) is 7.36. The van der Waals surface area contributed by atoms with Gasteiger partial charge in [-0.15, -0.1) is 0 Å². The highest BCUT2D eigenvalue weighted by Crippen LogP contribution is 2.22. The molecule has 2 amide bonds. The molecule has 0 radical (unpaired) electrons. The Morgan fingerprint density at radius 2 is 1.39 bits per heavy atom. The van der Waals surface area contributed by atoms with Crippen LogP contribution in [-0.4, -0.2) is 43.8 Å². The number of carbonyl (C=O) groups excluding carboxylic acids is 2. The summed E-state index contributed by atoms with van der Waals surface area (Å²) in [6, 6.07) is -0.235. The average Bonchev–Trinajstić information content (AvgIpc) is 2.66. The van der Waals surface area contributed by atoms with E-state index in [-0.39, 0.29) is 29.5 Å². The fourth-order valence-electron chi connectivity index (χ4n) is 3.17. The standard InChI is InChI=1S/C16H28N2O4S/c1-16(2,14(19)17-12-7-5-3-4-6-8-12)15(20)18-13-9-10-23(21,22)11-13/h12-13H,3-11H2,1-2H3,(H,17,19)(H,18,20). The van der Waals surface area contributed by atoms with Gasteiger partial charge in [-0.2, -0.15) is 0 Å².